The first-order valence-corrected chi connectivity index (χ1v) is 9.02. The van der Waals surface area contributed by atoms with Gasteiger partial charge in [0.15, 0.2) is 0 Å². The zero-order valence-corrected chi connectivity index (χ0v) is 14.6. The maximum atomic E-state index is 12.0. The molecule has 0 aromatic heterocycles. The second kappa shape index (κ2) is 7.73. The van der Waals surface area contributed by atoms with Gasteiger partial charge in [0, 0.05) is 17.6 Å². The third-order valence-electron chi connectivity index (χ3n) is 4.82. The van der Waals surface area contributed by atoms with Crippen molar-refractivity contribution in [2.75, 3.05) is 25.0 Å². The van der Waals surface area contributed by atoms with Crippen molar-refractivity contribution < 1.29 is 9.53 Å². The highest BCUT2D eigenvalue weighted by Gasteiger charge is 2.33. The predicted octanol–water partition coefficient (Wildman–Crippen LogP) is 4.81. The number of carbonyl (C=O) groups excluding carboxylic acids is 1. The largest absolute Gasteiger partial charge is 0.449 e. The van der Waals surface area contributed by atoms with Gasteiger partial charge in [0.2, 0.25) is 0 Å². The minimum Gasteiger partial charge on any atom is -0.449 e. The van der Waals surface area contributed by atoms with E-state index in [9.17, 15) is 4.79 Å². The van der Waals surface area contributed by atoms with Crippen LogP contribution in [0.25, 0.3) is 0 Å². The molecule has 0 spiro atoms. The summed E-state index contributed by atoms with van der Waals surface area (Å²) in [4.78, 5) is 14.6. The van der Waals surface area contributed by atoms with Crippen molar-refractivity contribution in [3.8, 4) is 0 Å². The van der Waals surface area contributed by atoms with E-state index in [1.54, 1.807) is 18.2 Å². The Morgan fingerprint density at radius 3 is 2.83 bits per heavy atom. The number of carbonyl (C=O) groups is 1. The van der Waals surface area contributed by atoms with Crippen molar-refractivity contribution >= 4 is 35.0 Å². The van der Waals surface area contributed by atoms with Crippen LogP contribution in [0.5, 0.6) is 0 Å². The van der Waals surface area contributed by atoms with Crippen LogP contribution in [-0.4, -0.2) is 36.7 Å². The summed E-state index contributed by atoms with van der Waals surface area (Å²) >= 11 is 11.8. The number of rotatable bonds is 3. The number of hydrogen-bond acceptors (Lipinski definition) is 3. The number of nitrogens with zero attached hydrogens (tertiary/aromatic N) is 1. The number of anilines is 1. The van der Waals surface area contributed by atoms with Gasteiger partial charge in [0.05, 0.1) is 16.7 Å². The van der Waals surface area contributed by atoms with Gasteiger partial charge in [0.25, 0.3) is 0 Å². The molecule has 0 aliphatic carbocycles. The van der Waals surface area contributed by atoms with E-state index in [1.165, 1.54) is 38.8 Å². The summed E-state index contributed by atoms with van der Waals surface area (Å²) in [6.07, 6.45) is 5.70. The summed E-state index contributed by atoms with van der Waals surface area (Å²) in [5.74, 6) is 0.448. The van der Waals surface area contributed by atoms with Gasteiger partial charge in [0.1, 0.15) is 0 Å². The fraction of sp³-hybridized carbons (Fsp3) is 0.588. The van der Waals surface area contributed by atoms with Gasteiger partial charge >= 0.3 is 6.09 Å². The molecule has 0 saturated carbocycles. The SMILES string of the molecule is O=C(Nc1ccc(Cl)c(Cl)c1)OC[C@H]1CCCN2CCCC[C@H]12. The van der Waals surface area contributed by atoms with Gasteiger partial charge in [-0.2, -0.15) is 0 Å². The van der Waals surface area contributed by atoms with E-state index >= 15 is 0 Å². The molecule has 4 nitrogen and oxygen atoms in total. The molecule has 2 aliphatic heterocycles. The van der Waals surface area contributed by atoms with Gasteiger partial charge in [-0.05, 0) is 57.0 Å². The fourth-order valence-corrected chi connectivity index (χ4v) is 3.98. The van der Waals surface area contributed by atoms with Gasteiger partial charge in [-0.3, -0.25) is 10.2 Å². The second-order valence-electron chi connectivity index (χ2n) is 6.35. The molecular formula is C17H22Cl2N2O2. The Morgan fingerprint density at radius 2 is 2.00 bits per heavy atom. The molecule has 2 fully saturated rings. The number of nitrogens with one attached hydrogen (secondary N) is 1. The van der Waals surface area contributed by atoms with Crippen molar-refractivity contribution in [2.24, 2.45) is 5.92 Å². The van der Waals surface area contributed by atoms with E-state index in [1.807, 2.05) is 0 Å². The lowest BCUT2D eigenvalue weighted by atomic mass is 9.84. The first-order valence-electron chi connectivity index (χ1n) is 8.26. The molecule has 1 amide bonds. The lowest BCUT2D eigenvalue weighted by Crippen LogP contribution is -2.49. The first-order chi connectivity index (χ1) is 11.1. The molecule has 2 aliphatic rings. The molecule has 6 heteroatoms. The Hall–Kier alpha value is -0.970. The average Bonchev–Trinajstić information content (AvgIpc) is 2.56. The van der Waals surface area contributed by atoms with Crippen LogP contribution in [0.2, 0.25) is 10.0 Å². The zero-order valence-electron chi connectivity index (χ0n) is 13.1. The molecule has 1 aromatic rings. The fourth-order valence-electron chi connectivity index (χ4n) is 3.68. The molecule has 2 heterocycles. The lowest BCUT2D eigenvalue weighted by Gasteiger charge is -2.44. The molecule has 2 saturated heterocycles. The topological polar surface area (TPSA) is 41.6 Å². The van der Waals surface area contributed by atoms with Gasteiger partial charge in [-0.1, -0.05) is 29.6 Å². The van der Waals surface area contributed by atoms with E-state index in [4.69, 9.17) is 27.9 Å². The van der Waals surface area contributed by atoms with E-state index in [0.29, 0.717) is 34.3 Å². The number of fused-ring (bicyclic) bond motifs is 1. The summed E-state index contributed by atoms with van der Waals surface area (Å²) in [7, 11) is 0. The van der Waals surface area contributed by atoms with Crippen LogP contribution in [0.4, 0.5) is 10.5 Å². The molecular weight excluding hydrogens is 335 g/mol. The van der Waals surface area contributed by atoms with E-state index in [2.05, 4.69) is 10.2 Å². The molecule has 23 heavy (non-hydrogen) atoms. The maximum Gasteiger partial charge on any atom is 0.411 e. The number of ether oxygens (including phenoxy) is 1. The maximum absolute atomic E-state index is 12.0. The zero-order chi connectivity index (χ0) is 16.2. The Labute approximate surface area is 147 Å². The van der Waals surface area contributed by atoms with Crippen molar-refractivity contribution in [1.29, 1.82) is 0 Å². The van der Waals surface area contributed by atoms with Gasteiger partial charge in [-0.15, -0.1) is 0 Å². The molecule has 0 bridgehead atoms. The Bertz CT molecular complexity index is 566. The highest BCUT2D eigenvalue weighted by atomic mass is 35.5. The van der Waals surface area contributed by atoms with Gasteiger partial charge < -0.3 is 4.74 Å². The van der Waals surface area contributed by atoms with Crippen LogP contribution in [0.15, 0.2) is 18.2 Å². The molecule has 2 atom stereocenters. The van der Waals surface area contributed by atoms with E-state index < -0.39 is 6.09 Å². The van der Waals surface area contributed by atoms with Crippen molar-refractivity contribution in [2.45, 2.75) is 38.1 Å². The van der Waals surface area contributed by atoms with Gasteiger partial charge in [-0.25, -0.2) is 4.79 Å². The third kappa shape index (κ3) is 4.31. The molecule has 0 unspecified atom stereocenters. The Morgan fingerprint density at radius 1 is 1.17 bits per heavy atom. The first kappa shape index (κ1) is 16.9. The van der Waals surface area contributed by atoms with Crippen molar-refractivity contribution in [1.82, 2.24) is 4.90 Å². The number of benzene rings is 1. The standard InChI is InChI=1S/C17H22Cl2N2O2/c18-14-7-6-13(10-15(14)19)20-17(22)23-11-12-4-3-9-21-8-2-1-5-16(12)21/h6-7,10,12,16H,1-5,8-9,11H2,(H,20,22)/t12-,16-/m1/s1. The molecule has 1 aromatic carbocycles. The monoisotopic (exact) mass is 356 g/mol. The summed E-state index contributed by atoms with van der Waals surface area (Å²) in [5.41, 5.74) is 0.590. The highest BCUT2D eigenvalue weighted by Crippen LogP contribution is 2.31. The summed E-state index contributed by atoms with van der Waals surface area (Å²) in [6, 6.07) is 5.56. The lowest BCUT2D eigenvalue weighted by molar-refractivity contribution is 0.0261. The minimum absolute atomic E-state index is 0.412. The predicted molar refractivity (Wildman–Crippen MR) is 93.4 cm³/mol. The second-order valence-corrected chi connectivity index (χ2v) is 7.17. The van der Waals surface area contributed by atoms with Crippen molar-refractivity contribution in [3.63, 3.8) is 0 Å². The van der Waals surface area contributed by atoms with Crippen LogP contribution < -0.4 is 5.32 Å². The Balaban J connectivity index is 1.51. The van der Waals surface area contributed by atoms with E-state index in [-0.39, 0.29) is 0 Å². The summed E-state index contributed by atoms with van der Waals surface area (Å²) in [5, 5.41) is 3.58. The molecule has 0 radical (unpaired) electrons. The average molecular weight is 357 g/mol. The Kier molecular flexibility index (Phi) is 5.67. The summed E-state index contributed by atoms with van der Waals surface area (Å²) < 4.78 is 5.45. The highest BCUT2D eigenvalue weighted by molar-refractivity contribution is 6.42. The molecule has 126 valence electrons. The molecule has 1 N–H and O–H groups in total. The number of amides is 1. The quantitative estimate of drug-likeness (QED) is 0.844. The van der Waals surface area contributed by atoms with Crippen LogP contribution in [0.1, 0.15) is 32.1 Å². The normalized spacial score (nSPS) is 24.8. The minimum atomic E-state index is -0.434. The van der Waals surface area contributed by atoms with Crippen LogP contribution >= 0.6 is 23.2 Å². The number of piperidine rings is 2. The summed E-state index contributed by atoms with van der Waals surface area (Å²) in [6.45, 7) is 2.86. The third-order valence-corrected chi connectivity index (χ3v) is 5.56. The van der Waals surface area contributed by atoms with Crippen LogP contribution in [0.3, 0.4) is 0 Å². The van der Waals surface area contributed by atoms with E-state index in [0.717, 1.165) is 6.42 Å². The van der Waals surface area contributed by atoms with Crippen LogP contribution in [0, 0.1) is 5.92 Å². The van der Waals surface area contributed by atoms with Crippen LogP contribution in [-0.2, 0) is 4.74 Å². The van der Waals surface area contributed by atoms with Crippen molar-refractivity contribution in [3.05, 3.63) is 28.2 Å². The smallest absolute Gasteiger partial charge is 0.411 e. The molecule has 3 rings (SSSR count). The number of hydrogen-bond donors (Lipinski definition) is 1. The number of halogens is 2.